The van der Waals surface area contributed by atoms with E-state index in [1.165, 1.54) is 0 Å². The molecule has 0 unspecified atom stereocenters. The van der Waals surface area contributed by atoms with Gasteiger partial charge in [-0.1, -0.05) is 20.8 Å². The summed E-state index contributed by atoms with van der Waals surface area (Å²) in [6.07, 6.45) is -0.557. The van der Waals surface area contributed by atoms with E-state index in [2.05, 4.69) is 0 Å². The van der Waals surface area contributed by atoms with Crippen molar-refractivity contribution in [3.8, 4) is 0 Å². The monoisotopic (exact) mass is 246 g/mol. The maximum atomic E-state index is 12.2. The molecule has 0 rings (SSSR count). The van der Waals surface area contributed by atoms with Gasteiger partial charge >= 0.3 is 5.97 Å². The summed E-state index contributed by atoms with van der Waals surface area (Å²) >= 11 is 0. The van der Waals surface area contributed by atoms with Crippen LogP contribution in [0.5, 0.6) is 0 Å². The van der Waals surface area contributed by atoms with Gasteiger partial charge in [0.15, 0.2) is 11.4 Å². The van der Waals surface area contributed by atoms with Gasteiger partial charge in [0.05, 0.1) is 27.6 Å². The predicted octanol–water partition coefficient (Wildman–Crippen LogP) is 0.514. The number of quaternary nitrogens is 1. The molecule has 5 heteroatoms. The molecule has 0 amide bonds. The number of Topliss-reactive ketones (excluding diaryl/α,β-unsaturated/α-hetero) is 1. The molecule has 0 fully saturated rings. The first-order valence-electron chi connectivity index (χ1n) is 5.57. The minimum absolute atomic E-state index is 0.0788. The highest BCUT2D eigenvalue weighted by Crippen LogP contribution is 2.27. The standard InChI is InChI=1S/C12H23NO4/c1-11(2,3)10(16)12(17,7-9(14)15)8-13(4,5)6/h17H,7-8H2,1-6H3/p+1/t12-/m1/s1. The largest absolute Gasteiger partial charge is 0.481 e. The molecule has 0 bridgehead atoms. The summed E-state index contributed by atoms with van der Waals surface area (Å²) < 4.78 is 0.325. The van der Waals surface area contributed by atoms with E-state index in [9.17, 15) is 14.7 Å². The third-order valence-corrected chi connectivity index (χ3v) is 2.28. The van der Waals surface area contributed by atoms with Crippen LogP contribution in [0.3, 0.4) is 0 Å². The Morgan fingerprint density at radius 3 is 1.76 bits per heavy atom. The Labute approximate surface area is 103 Å². The molecule has 1 atom stereocenters. The van der Waals surface area contributed by atoms with E-state index in [0.717, 1.165) is 0 Å². The van der Waals surface area contributed by atoms with Crippen LogP contribution < -0.4 is 0 Å². The van der Waals surface area contributed by atoms with Crippen LogP contribution >= 0.6 is 0 Å². The molecule has 0 saturated carbocycles. The number of likely N-dealkylation sites (N-methyl/N-ethyl adjacent to an activating group) is 1. The number of hydrogen-bond donors (Lipinski definition) is 2. The van der Waals surface area contributed by atoms with Gasteiger partial charge in [-0.2, -0.15) is 0 Å². The number of carboxylic acid groups (broad SMARTS) is 1. The fraction of sp³-hybridized carbons (Fsp3) is 0.833. The van der Waals surface area contributed by atoms with E-state index >= 15 is 0 Å². The number of carboxylic acids is 1. The minimum Gasteiger partial charge on any atom is -0.481 e. The van der Waals surface area contributed by atoms with Crippen molar-refractivity contribution >= 4 is 11.8 Å². The average molecular weight is 246 g/mol. The Morgan fingerprint density at radius 1 is 1.12 bits per heavy atom. The summed E-state index contributed by atoms with van der Waals surface area (Å²) in [5.41, 5.74) is -2.58. The molecular formula is C12H24NO4+. The van der Waals surface area contributed by atoms with Crippen molar-refractivity contribution in [3.63, 3.8) is 0 Å². The van der Waals surface area contributed by atoms with Crippen LogP contribution in [0.1, 0.15) is 27.2 Å². The lowest BCUT2D eigenvalue weighted by Crippen LogP contribution is -2.57. The van der Waals surface area contributed by atoms with Crippen molar-refractivity contribution in [3.05, 3.63) is 0 Å². The van der Waals surface area contributed by atoms with E-state index in [1.54, 1.807) is 20.8 Å². The van der Waals surface area contributed by atoms with Crippen molar-refractivity contribution in [1.29, 1.82) is 0 Å². The van der Waals surface area contributed by atoms with Crippen LogP contribution in [0.15, 0.2) is 0 Å². The zero-order chi connectivity index (χ0) is 14.1. The Bertz CT molecular complexity index is 311. The third kappa shape index (κ3) is 5.28. The summed E-state index contributed by atoms with van der Waals surface area (Å²) in [5.74, 6) is -1.60. The molecule has 0 radical (unpaired) electrons. The highest BCUT2D eigenvalue weighted by molar-refractivity contribution is 5.94. The Morgan fingerprint density at radius 2 is 1.53 bits per heavy atom. The van der Waals surface area contributed by atoms with Gasteiger partial charge in [-0.3, -0.25) is 9.59 Å². The first kappa shape index (κ1) is 16.1. The normalized spacial score (nSPS) is 16.4. The average Bonchev–Trinajstić information content (AvgIpc) is 1.95. The SMILES string of the molecule is CC(C)(C)C(=O)[C@@](O)(CC(=O)O)C[N+](C)(C)C. The number of rotatable bonds is 5. The molecule has 0 aromatic carbocycles. The van der Waals surface area contributed by atoms with Gasteiger partial charge in [0.25, 0.3) is 0 Å². The van der Waals surface area contributed by atoms with Gasteiger partial charge in [0, 0.05) is 5.41 Å². The lowest BCUT2D eigenvalue weighted by molar-refractivity contribution is -0.875. The van der Waals surface area contributed by atoms with Crippen LogP contribution in [-0.2, 0) is 9.59 Å². The van der Waals surface area contributed by atoms with E-state index in [0.29, 0.717) is 4.48 Å². The zero-order valence-corrected chi connectivity index (χ0v) is 11.6. The number of carbonyl (C=O) groups is 2. The predicted molar refractivity (Wildman–Crippen MR) is 64.6 cm³/mol. The van der Waals surface area contributed by atoms with Gasteiger partial charge in [-0.15, -0.1) is 0 Å². The molecule has 0 heterocycles. The van der Waals surface area contributed by atoms with Gasteiger partial charge in [0.1, 0.15) is 6.54 Å². The number of aliphatic carboxylic acids is 1. The van der Waals surface area contributed by atoms with Crippen molar-refractivity contribution in [1.82, 2.24) is 0 Å². The first-order valence-corrected chi connectivity index (χ1v) is 5.57. The maximum absolute atomic E-state index is 12.2. The van der Waals surface area contributed by atoms with Crippen LogP contribution in [0.2, 0.25) is 0 Å². The van der Waals surface area contributed by atoms with Crippen molar-refractivity contribution in [2.24, 2.45) is 5.41 Å². The van der Waals surface area contributed by atoms with Gasteiger partial charge in [-0.05, 0) is 0 Å². The van der Waals surface area contributed by atoms with Gasteiger partial charge in [0.2, 0.25) is 0 Å². The summed E-state index contributed by atoms with van der Waals surface area (Å²) in [6, 6.07) is 0. The molecule has 0 aromatic rings. The highest BCUT2D eigenvalue weighted by atomic mass is 16.4. The molecular weight excluding hydrogens is 222 g/mol. The molecule has 0 aliphatic rings. The smallest absolute Gasteiger partial charge is 0.306 e. The first-order chi connectivity index (χ1) is 7.28. The number of nitrogens with zero attached hydrogens (tertiary/aromatic N) is 1. The summed E-state index contributed by atoms with van der Waals surface area (Å²) in [6.45, 7) is 5.11. The molecule has 0 aromatic heterocycles. The zero-order valence-electron chi connectivity index (χ0n) is 11.6. The van der Waals surface area contributed by atoms with Crippen LogP contribution in [0.4, 0.5) is 0 Å². The van der Waals surface area contributed by atoms with E-state index < -0.39 is 29.2 Å². The van der Waals surface area contributed by atoms with Crippen molar-refractivity contribution in [2.45, 2.75) is 32.8 Å². The third-order valence-electron chi connectivity index (χ3n) is 2.28. The van der Waals surface area contributed by atoms with E-state index in [1.807, 2.05) is 21.1 Å². The Hall–Kier alpha value is -0.940. The lowest BCUT2D eigenvalue weighted by Gasteiger charge is -2.36. The van der Waals surface area contributed by atoms with Crippen LogP contribution in [0.25, 0.3) is 0 Å². The molecule has 100 valence electrons. The summed E-state index contributed by atoms with van der Waals surface area (Å²) in [5, 5.41) is 19.2. The topological polar surface area (TPSA) is 74.6 Å². The number of ketones is 1. The van der Waals surface area contributed by atoms with Gasteiger partial charge < -0.3 is 14.7 Å². The quantitative estimate of drug-likeness (QED) is 0.693. The van der Waals surface area contributed by atoms with E-state index in [-0.39, 0.29) is 6.54 Å². The minimum atomic E-state index is -1.82. The summed E-state index contributed by atoms with van der Waals surface area (Å²) in [4.78, 5) is 23.0. The highest BCUT2D eigenvalue weighted by Gasteiger charge is 2.47. The second-order valence-corrected chi connectivity index (χ2v) is 6.63. The fourth-order valence-corrected chi connectivity index (χ4v) is 1.94. The second-order valence-electron chi connectivity index (χ2n) is 6.63. The molecule has 0 saturated heterocycles. The summed E-state index contributed by atoms with van der Waals surface area (Å²) in [7, 11) is 5.42. The number of carbonyl (C=O) groups excluding carboxylic acids is 1. The fourth-order valence-electron chi connectivity index (χ4n) is 1.94. The van der Waals surface area contributed by atoms with Crippen molar-refractivity contribution in [2.75, 3.05) is 27.7 Å². The lowest BCUT2D eigenvalue weighted by atomic mass is 9.78. The van der Waals surface area contributed by atoms with Gasteiger partial charge in [-0.25, -0.2) is 0 Å². The molecule has 0 spiro atoms. The molecule has 0 aliphatic carbocycles. The van der Waals surface area contributed by atoms with E-state index in [4.69, 9.17) is 5.11 Å². The Kier molecular flexibility index (Phi) is 4.48. The van der Waals surface area contributed by atoms with Crippen molar-refractivity contribution < 1.29 is 24.3 Å². The molecule has 5 nitrogen and oxygen atoms in total. The maximum Gasteiger partial charge on any atom is 0.306 e. The molecule has 2 N–H and O–H groups in total. The Balaban J connectivity index is 5.25. The van der Waals surface area contributed by atoms with Crippen LogP contribution in [-0.4, -0.2) is 59.7 Å². The second kappa shape index (κ2) is 4.74. The molecule has 17 heavy (non-hydrogen) atoms. The number of aliphatic hydroxyl groups is 1. The number of hydrogen-bond acceptors (Lipinski definition) is 3. The van der Waals surface area contributed by atoms with Crippen LogP contribution in [0, 0.1) is 5.41 Å². The molecule has 0 aliphatic heterocycles.